The maximum Gasteiger partial charge on any atom is 0.263 e. The van der Waals surface area contributed by atoms with Crippen molar-refractivity contribution < 1.29 is 18.8 Å². The van der Waals surface area contributed by atoms with Crippen LogP contribution in [0.25, 0.3) is 11.4 Å². The van der Waals surface area contributed by atoms with Crippen molar-refractivity contribution in [2.75, 3.05) is 14.2 Å². The maximum absolute atomic E-state index is 12.8. The number of carbonyl (C=O) groups excluding carboxylic acids is 1. The first kappa shape index (κ1) is 20.9. The monoisotopic (exact) mass is 421 g/mol. The number of hydrogen-bond acceptors (Lipinski definition) is 6. The second-order valence-electron chi connectivity index (χ2n) is 7.84. The molecule has 4 rings (SSSR count). The van der Waals surface area contributed by atoms with Crippen molar-refractivity contribution in [3.05, 3.63) is 59.5 Å². The number of fused-ring (bicyclic) bond motifs is 1. The summed E-state index contributed by atoms with van der Waals surface area (Å²) in [5, 5.41) is 4.02. The first-order valence-electron chi connectivity index (χ1n) is 10.5. The molecule has 1 aromatic heterocycles. The second-order valence-corrected chi connectivity index (χ2v) is 7.84. The summed E-state index contributed by atoms with van der Waals surface area (Å²) >= 11 is 0. The van der Waals surface area contributed by atoms with Crippen molar-refractivity contribution in [3.63, 3.8) is 0 Å². The molecule has 0 spiro atoms. The van der Waals surface area contributed by atoms with E-state index in [0.717, 1.165) is 24.2 Å². The quantitative estimate of drug-likeness (QED) is 0.573. The Bertz CT molecular complexity index is 1060. The molecule has 31 heavy (non-hydrogen) atoms. The number of aryl methyl sites for hydroxylation is 2. The van der Waals surface area contributed by atoms with E-state index in [4.69, 9.17) is 14.0 Å². The number of carbonyl (C=O) groups is 1. The average molecular weight is 421 g/mol. The number of methoxy groups -OCH3 is 1. The maximum atomic E-state index is 12.8. The average Bonchev–Trinajstić information content (AvgIpc) is 3.27. The number of amides is 1. The number of benzene rings is 2. The van der Waals surface area contributed by atoms with Crippen LogP contribution in [0.1, 0.15) is 36.8 Å². The van der Waals surface area contributed by atoms with Crippen molar-refractivity contribution in [1.82, 2.24) is 15.0 Å². The first-order valence-corrected chi connectivity index (χ1v) is 10.5. The molecule has 0 N–H and O–H groups in total. The van der Waals surface area contributed by atoms with Gasteiger partial charge in [0.15, 0.2) is 6.10 Å². The fourth-order valence-corrected chi connectivity index (χ4v) is 3.83. The van der Waals surface area contributed by atoms with Crippen LogP contribution in [0.15, 0.2) is 47.0 Å². The zero-order valence-corrected chi connectivity index (χ0v) is 18.1. The summed E-state index contributed by atoms with van der Waals surface area (Å²) < 4.78 is 16.5. The lowest BCUT2D eigenvalue weighted by Crippen LogP contribution is -2.37. The lowest BCUT2D eigenvalue weighted by molar-refractivity contribution is -0.137. The Morgan fingerprint density at radius 3 is 2.74 bits per heavy atom. The van der Waals surface area contributed by atoms with Crippen LogP contribution in [0.3, 0.4) is 0 Å². The van der Waals surface area contributed by atoms with Gasteiger partial charge in [-0.15, -0.1) is 0 Å². The number of rotatable bonds is 7. The highest BCUT2D eigenvalue weighted by Crippen LogP contribution is 2.26. The van der Waals surface area contributed by atoms with E-state index in [-0.39, 0.29) is 12.5 Å². The summed E-state index contributed by atoms with van der Waals surface area (Å²) in [4.78, 5) is 18.7. The summed E-state index contributed by atoms with van der Waals surface area (Å²) in [5.74, 6) is 2.10. The summed E-state index contributed by atoms with van der Waals surface area (Å²) in [6.45, 7) is 1.96. The molecule has 0 saturated heterocycles. The largest absolute Gasteiger partial charge is 0.497 e. The van der Waals surface area contributed by atoms with Crippen molar-refractivity contribution in [1.29, 1.82) is 0 Å². The molecule has 3 aromatic rings. The molecule has 0 aliphatic heterocycles. The van der Waals surface area contributed by atoms with Gasteiger partial charge in [-0.25, -0.2) is 0 Å². The zero-order valence-electron chi connectivity index (χ0n) is 18.1. The van der Waals surface area contributed by atoms with Gasteiger partial charge in [0.25, 0.3) is 5.91 Å². The molecule has 2 aromatic carbocycles. The lowest BCUT2D eigenvalue weighted by atomic mass is 9.92. The minimum atomic E-state index is -0.618. The Kier molecular flexibility index (Phi) is 6.21. The predicted octanol–water partition coefficient (Wildman–Crippen LogP) is 4.05. The molecule has 7 nitrogen and oxygen atoms in total. The van der Waals surface area contributed by atoms with E-state index in [1.165, 1.54) is 28.9 Å². The first-order chi connectivity index (χ1) is 15.0. The molecule has 0 radical (unpaired) electrons. The van der Waals surface area contributed by atoms with Crippen LogP contribution in [0.5, 0.6) is 11.5 Å². The predicted molar refractivity (Wildman–Crippen MR) is 116 cm³/mol. The van der Waals surface area contributed by atoms with Crippen LogP contribution in [0, 0.1) is 0 Å². The molecule has 1 heterocycles. The number of likely N-dealkylation sites (N-methyl/N-ethyl adjacent to an activating group) is 1. The van der Waals surface area contributed by atoms with Crippen LogP contribution in [0.4, 0.5) is 0 Å². The van der Waals surface area contributed by atoms with Crippen LogP contribution in [-0.4, -0.2) is 41.2 Å². The minimum absolute atomic E-state index is 0.154. The standard InChI is InChI=1S/C24H27N3O4/c1-16(30-21-12-11-17-7-4-5-8-18(17)13-21)24(28)27(2)15-22-25-23(26-31-22)19-9-6-10-20(14-19)29-3/h6,9-14,16H,4-5,7-8,15H2,1-3H3/t16-/m0/s1. The van der Waals surface area contributed by atoms with E-state index >= 15 is 0 Å². The van der Waals surface area contributed by atoms with E-state index in [2.05, 4.69) is 22.3 Å². The molecule has 7 heteroatoms. The Hall–Kier alpha value is -3.35. The van der Waals surface area contributed by atoms with Crippen LogP contribution in [0.2, 0.25) is 0 Å². The molecule has 1 amide bonds. The Morgan fingerprint density at radius 2 is 1.94 bits per heavy atom. The number of hydrogen-bond donors (Lipinski definition) is 0. The third-order valence-corrected chi connectivity index (χ3v) is 5.53. The second kappa shape index (κ2) is 9.20. The minimum Gasteiger partial charge on any atom is -0.497 e. The SMILES string of the molecule is COc1cccc(-c2noc(CN(C)C(=O)[C@H](C)Oc3ccc4c(c3)CCCC4)n2)c1. The van der Waals surface area contributed by atoms with Gasteiger partial charge in [0.2, 0.25) is 11.7 Å². The van der Waals surface area contributed by atoms with Gasteiger partial charge in [0.1, 0.15) is 11.5 Å². The molecule has 0 fully saturated rings. The molecule has 1 aliphatic carbocycles. The van der Waals surface area contributed by atoms with E-state index in [9.17, 15) is 4.79 Å². The summed E-state index contributed by atoms with van der Waals surface area (Å²) in [6, 6.07) is 13.5. The van der Waals surface area contributed by atoms with E-state index in [0.29, 0.717) is 17.5 Å². The van der Waals surface area contributed by atoms with Crippen molar-refractivity contribution >= 4 is 5.91 Å². The summed E-state index contributed by atoms with van der Waals surface area (Å²) in [5.41, 5.74) is 3.50. The fraction of sp³-hybridized carbons (Fsp3) is 0.375. The molecule has 0 bridgehead atoms. The molecule has 0 unspecified atom stereocenters. The topological polar surface area (TPSA) is 77.7 Å². The highest BCUT2D eigenvalue weighted by atomic mass is 16.5. The van der Waals surface area contributed by atoms with Gasteiger partial charge in [0, 0.05) is 12.6 Å². The van der Waals surface area contributed by atoms with Crippen molar-refractivity contribution in [2.45, 2.75) is 45.3 Å². The van der Waals surface area contributed by atoms with Gasteiger partial charge in [0.05, 0.1) is 13.7 Å². The Balaban J connectivity index is 1.37. The summed E-state index contributed by atoms with van der Waals surface area (Å²) in [7, 11) is 3.30. The summed E-state index contributed by atoms with van der Waals surface area (Å²) in [6.07, 6.45) is 4.01. The Labute approximate surface area is 182 Å². The van der Waals surface area contributed by atoms with Crippen LogP contribution in [-0.2, 0) is 24.2 Å². The van der Waals surface area contributed by atoms with Gasteiger partial charge >= 0.3 is 0 Å². The van der Waals surface area contributed by atoms with E-state index in [1.807, 2.05) is 30.3 Å². The fourth-order valence-electron chi connectivity index (χ4n) is 3.83. The van der Waals surface area contributed by atoms with Crippen LogP contribution < -0.4 is 9.47 Å². The molecule has 1 aliphatic rings. The highest BCUT2D eigenvalue weighted by Gasteiger charge is 2.22. The van der Waals surface area contributed by atoms with Crippen molar-refractivity contribution in [2.24, 2.45) is 0 Å². The van der Waals surface area contributed by atoms with Crippen molar-refractivity contribution in [3.8, 4) is 22.9 Å². The Morgan fingerprint density at radius 1 is 1.13 bits per heavy atom. The van der Waals surface area contributed by atoms with E-state index in [1.54, 1.807) is 21.1 Å². The van der Waals surface area contributed by atoms with Gasteiger partial charge in [-0.2, -0.15) is 4.98 Å². The van der Waals surface area contributed by atoms with Gasteiger partial charge in [-0.3, -0.25) is 4.79 Å². The number of nitrogens with zero attached hydrogens (tertiary/aromatic N) is 3. The van der Waals surface area contributed by atoms with E-state index < -0.39 is 6.10 Å². The zero-order chi connectivity index (χ0) is 21.8. The molecular formula is C24H27N3O4. The molecule has 0 saturated carbocycles. The van der Waals surface area contributed by atoms with Gasteiger partial charge < -0.3 is 18.9 Å². The molecule has 162 valence electrons. The molecule has 1 atom stereocenters. The van der Waals surface area contributed by atoms with Gasteiger partial charge in [-0.1, -0.05) is 23.4 Å². The lowest BCUT2D eigenvalue weighted by Gasteiger charge is -2.22. The van der Waals surface area contributed by atoms with Gasteiger partial charge in [-0.05, 0) is 68.0 Å². The third-order valence-electron chi connectivity index (χ3n) is 5.53. The smallest absolute Gasteiger partial charge is 0.263 e. The third kappa shape index (κ3) is 4.87. The normalized spacial score (nSPS) is 13.9. The number of aromatic nitrogens is 2. The highest BCUT2D eigenvalue weighted by molar-refractivity contribution is 5.80. The van der Waals surface area contributed by atoms with Crippen LogP contribution >= 0.6 is 0 Å². The number of ether oxygens (including phenoxy) is 2. The molecular weight excluding hydrogens is 394 g/mol.